The Hall–Kier alpha value is -2.80. The summed E-state index contributed by atoms with van der Waals surface area (Å²) < 4.78 is 11.8. The van der Waals surface area contributed by atoms with Crippen LogP contribution in [0, 0.1) is 5.92 Å². The third kappa shape index (κ3) is 6.94. The van der Waals surface area contributed by atoms with Crippen molar-refractivity contribution in [2.45, 2.75) is 20.3 Å². The molecule has 2 aromatic carbocycles. The Balaban J connectivity index is 1.96. The van der Waals surface area contributed by atoms with Gasteiger partial charge in [0, 0.05) is 5.56 Å². The zero-order valence-electron chi connectivity index (χ0n) is 16.5. The van der Waals surface area contributed by atoms with Crippen molar-refractivity contribution in [1.82, 2.24) is 10.9 Å². The van der Waals surface area contributed by atoms with Crippen LogP contribution in [-0.2, 0) is 0 Å². The Morgan fingerprint density at radius 3 is 2.48 bits per heavy atom. The van der Waals surface area contributed by atoms with Gasteiger partial charge in [-0.15, -0.1) is 0 Å². The average Bonchev–Trinajstić information content (AvgIpc) is 2.71. The second-order valence-electron chi connectivity index (χ2n) is 6.68. The first-order valence-corrected chi connectivity index (χ1v) is 10.1. The van der Waals surface area contributed by atoms with E-state index in [9.17, 15) is 9.59 Å². The fourth-order valence-corrected chi connectivity index (χ4v) is 2.84. The van der Waals surface area contributed by atoms with Crippen molar-refractivity contribution >= 4 is 27.7 Å². The van der Waals surface area contributed by atoms with Gasteiger partial charge >= 0.3 is 0 Å². The van der Waals surface area contributed by atoms with E-state index in [2.05, 4.69) is 47.2 Å². The number of halogens is 1. The standard InChI is InChI=1S/C22H25BrN2O4/c1-4-12-28-19-8-6-5-7-17(19)22(27)25-24-21(26)16-9-10-20(18(23)14-16)29-13-11-15(2)3/h4-10,14-15H,1,11-13H2,2-3H3,(H,24,26)(H,25,27). The van der Waals surface area contributed by atoms with Gasteiger partial charge in [-0.2, -0.15) is 0 Å². The van der Waals surface area contributed by atoms with Crippen molar-refractivity contribution in [2.24, 2.45) is 5.92 Å². The summed E-state index contributed by atoms with van der Waals surface area (Å²) in [6, 6.07) is 11.8. The molecule has 2 rings (SSSR count). The lowest BCUT2D eigenvalue weighted by Crippen LogP contribution is -2.41. The molecule has 0 heterocycles. The molecule has 154 valence electrons. The summed E-state index contributed by atoms with van der Waals surface area (Å²) >= 11 is 3.42. The van der Waals surface area contributed by atoms with Crippen LogP contribution in [0.3, 0.4) is 0 Å². The number of carbonyl (C=O) groups is 2. The van der Waals surface area contributed by atoms with Crippen molar-refractivity contribution in [3.05, 3.63) is 70.7 Å². The van der Waals surface area contributed by atoms with Crippen LogP contribution in [0.25, 0.3) is 0 Å². The number of hydrazine groups is 1. The summed E-state index contributed by atoms with van der Waals surface area (Å²) in [5.41, 5.74) is 5.50. The van der Waals surface area contributed by atoms with Crippen molar-refractivity contribution in [3.8, 4) is 11.5 Å². The van der Waals surface area contributed by atoms with E-state index in [0.717, 1.165) is 6.42 Å². The highest BCUT2D eigenvalue weighted by Gasteiger charge is 2.14. The predicted octanol–water partition coefficient (Wildman–Crippen LogP) is 4.51. The summed E-state index contributed by atoms with van der Waals surface area (Å²) in [5, 5.41) is 0. The third-order valence-electron chi connectivity index (χ3n) is 3.92. The molecule has 0 bridgehead atoms. The third-order valence-corrected chi connectivity index (χ3v) is 4.54. The number of hydrogen-bond donors (Lipinski definition) is 2. The number of nitrogens with one attached hydrogen (secondary N) is 2. The average molecular weight is 461 g/mol. The summed E-state index contributed by atoms with van der Waals surface area (Å²) in [6.45, 7) is 8.72. The molecule has 0 aliphatic rings. The quantitative estimate of drug-likeness (QED) is 0.426. The first-order valence-electron chi connectivity index (χ1n) is 9.28. The monoisotopic (exact) mass is 460 g/mol. The highest BCUT2D eigenvalue weighted by molar-refractivity contribution is 9.10. The van der Waals surface area contributed by atoms with Gasteiger partial charge in [0.2, 0.25) is 0 Å². The van der Waals surface area contributed by atoms with Crippen LogP contribution >= 0.6 is 15.9 Å². The van der Waals surface area contributed by atoms with Crippen LogP contribution < -0.4 is 20.3 Å². The second-order valence-corrected chi connectivity index (χ2v) is 7.53. The van der Waals surface area contributed by atoms with E-state index in [1.165, 1.54) is 0 Å². The molecule has 7 heteroatoms. The molecule has 2 N–H and O–H groups in total. The lowest BCUT2D eigenvalue weighted by atomic mass is 10.1. The van der Waals surface area contributed by atoms with E-state index in [0.29, 0.717) is 39.6 Å². The first kappa shape index (κ1) is 22.5. The van der Waals surface area contributed by atoms with Gasteiger partial charge in [-0.05, 0) is 58.6 Å². The number of amides is 2. The van der Waals surface area contributed by atoms with Crippen LogP contribution in [-0.4, -0.2) is 25.0 Å². The topological polar surface area (TPSA) is 76.7 Å². The number of rotatable bonds is 9. The molecule has 29 heavy (non-hydrogen) atoms. The largest absolute Gasteiger partial charge is 0.492 e. The van der Waals surface area contributed by atoms with E-state index < -0.39 is 11.8 Å². The Labute approximate surface area is 179 Å². The molecule has 0 spiro atoms. The summed E-state index contributed by atoms with van der Waals surface area (Å²) in [6.07, 6.45) is 2.53. The van der Waals surface area contributed by atoms with Gasteiger partial charge in [0.05, 0.1) is 16.6 Å². The second kappa shape index (κ2) is 11.3. The van der Waals surface area contributed by atoms with E-state index >= 15 is 0 Å². The van der Waals surface area contributed by atoms with Crippen molar-refractivity contribution in [1.29, 1.82) is 0 Å². The van der Waals surface area contributed by atoms with Crippen LogP contribution in [0.15, 0.2) is 59.6 Å². The molecule has 0 saturated carbocycles. The predicted molar refractivity (Wildman–Crippen MR) is 116 cm³/mol. The lowest BCUT2D eigenvalue weighted by molar-refractivity contribution is 0.0844. The number of benzene rings is 2. The molecule has 0 fully saturated rings. The van der Waals surface area contributed by atoms with Crippen molar-refractivity contribution in [2.75, 3.05) is 13.2 Å². The highest BCUT2D eigenvalue weighted by atomic mass is 79.9. The molecule has 6 nitrogen and oxygen atoms in total. The molecule has 0 saturated heterocycles. The van der Waals surface area contributed by atoms with Gasteiger partial charge in [0.1, 0.15) is 18.1 Å². The molecule has 0 atom stereocenters. The molecule has 2 aromatic rings. The fraction of sp³-hybridized carbons (Fsp3) is 0.273. The maximum absolute atomic E-state index is 12.4. The van der Waals surface area contributed by atoms with E-state index in [1.807, 2.05) is 0 Å². The maximum atomic E-state index is 12.4. The normalized spacial score (nSPS) is 10.3. The van der Waals surface area contributed by atoms with Crippen LogP contribution in [0.5, 0.6) is 11.5 Å². The summed E-state index contributed by atoms with van der Waals surface area (Å²) in [7, 11) is 0. The van der Waals surface area contributed by atoms with Gasteiger partial charge < -0.3 is 9.47 Å². The summed E-state index contributed by atoms with van der Waals surface area (Å²) in [5.74, 6) is 0.696. The van der Waals surface area contributed by atoms with Gasteiger partial charge in [-0.25, -0.2) is 0 Å². The minimum atomic E-state index is -0.481. The van der Waals surface area contributed by atoms with Crippen LogP contribution in [0.2, 0.25) is 0 Å². The highest BCUT2D eigenvalue weighted by Crippen LogP contribution is 2.26. The van der Waals surface area contributed by atoms with Crippen molar-refractivity contribution < 1.29 is 19.1 Å². The minimum absolute atomic E-state index is 0.274. The van der Waals surface area contributed by atoms with Crippen LogP contribution in [0.4, 0.5) is 0 Å². The molecule has 0 aliphatic carbocycles. The lowest BCUT2D eigenvalue weighted by Gasteiger charge is -2.13. The van der Waals surface area contributed by atoms with Gasteiger partial charge in [-0.1, -0.05) is 38.6 Å². The smallest absolute Gasteiger partial charge is 0.273 e. The molecule has 0 radical (unpaired) electrons. The van der Waals surface area contributed by atoms with Gasteiger partial charge in [0.25, 0.3) is 11.8 Å². The number of hydrogen-bond acceptors (Lipinski definition) is 4. The zero-order valence-corrected chi connectivity index (χ0v) is 18.1. The molecule has 0 aliphatic heterocycles. The van der Waals surface area contributed by atoms with E-state index in [1.54, 1.807) is 48.5 Å². The maximum Gasteiger partial charge on any atom is 0.273 e. The van der Waals surface area contributed by atoms with Gasteiger partial charge in [0.15, 0.2) is 0 Å². The number of carbonyl (C=O) groups excluding carboxylic acids is 2. The summed E-state index contributed by atoms with van der Waals surface area (Å²) in [4.78, 5) is 24.8. The SMILES string of the molecule is C=CCOc1ccccc1C(=O)NNC(=O)c1ccc(OCCC(C)C)c(Br)c1. The van der Waals surface area contributed by atoms with E-state index in [-0.39, 0.29) is 6.61 Å². The number of para-hydroxylation sites is 1. The Kier molecular flexibility index (Phi) is 8.73. The molecule has 0 aromatic heterocycles. The molecule has 0 unspecified atom stereocenters. The first-order chi connectivity index (χ1) is 13.9. The minimum Gasteiger partial charge on any atom is -0.492 e. The zero-order chi connectivity index (χ0) is 21.2. The molecular formula is C22H25BrN2O4. The van der Waals surface area contributed by atoms with Crippen LogP contribution in [0.1, 0.15) is 41.0 Å². The van der Waals surface area contributed by atoms with E-state index in [4.69, 9.17) is 9.47 Å². The number of ether oxygens (including phenoxy) is 2. The Bertz CT molecular complexity index is 868. The molecule has 2 amide bonds. The molecular weight excluding hydrogens is 436 g/mol. The Morgan fingerprint density at radius 1 is 1.07 bits per heavy atom. The fourth-order valence-electron chi connectivity index (χ4n) is 2.35. The van der Waals surface area contributed by atoms with Gasteiger partial charge in [-0.3, -0.25) is 20.4 Å². The van der Waals surface area contributed by atoms with Crippen molar-refractivity contribution in [3.63, 3.8) is 0 Å². The Morgan fingerprint density at radius 2 is 1.79 bits per heavy atom.